The summed E-state index contributed by atoms with van der Waals surface area (Å²) in [5.41, 5.74) is 1.79. The molecule has 20 heavy (non-hydrogen) atoms. The number of aromatic nitrogens is 1. The molecule has 0 atom stereocenters. The fraction of sp³-hybridized carbons (Fsp3) is 0.200. The van der Waals surface area contributed by atoms with Crippen LogP contribution in [0.25, 0.3) is 0 Å². The number of benzene rings is 1. The number of nitrogens with one attached hydrogen (secondary N) is 1. The molecule has 0 aliphatic rings. The van der Waals surface area contributed by atoms with Crippen LogP contribution in [0.15, 0.2) is 36.5 Å². The Morgan fingerprint density at radius 1 is 1.20 bits per heavy atom. The molecule has 0 saturated heterocycles. The van der Waals surface area contributed by atoms with Crippen molar-refractivity contribution < 1.29 is 8.78 Å². The van der Waals surface area contributed by atoms with E-state index in [1.165, 1.54) is 12.1 Å². The second-order valence-electron chi connectivity index (χ2n) is 4.33. The van der Waals surface area contributed by atoms with Gasteiger partial charge >= 0.3 is 0 Å². The molecule has 1 aromatic carbocycles. The van der Waals surface area contributed by atoms with Gasteiger partial charge in [-0.15, -0.1) is 0 Å². The lowest BCUT2D eigenvalue weighted by atomic mass is 10.1. The summed E-state index contributed by atoms with van der Waals surface area (Å²) in [6.07, 6.45) is 2.08. The Morgan fingerprint density at radius 3 is 2.65 bits per heavy atom. The lowest BCUT2D eigenvalue weighted by Gasteiger charge is -2.06. The molecule has 5 heteroatoms. The maximum absolute atomic E-state index is 13.0. The molecule has 102 valence electrons. The second-order valence-corrected chi connectivity index (χ2v) is 4.33. The van der Waals surface area contributed by atoms with Gasteiger partial charge < -0.3 is 5.32 Å². The highest BCUT2D eigenvalue weighted by Crippen LogP contribution is 2.08. The van der Waals surface area contributed by atoms with Gasteiger partial charge in [0.25, 0.3) is 0 Å². The first-order chi connectivity index (χ1) is 9.69. The summed E-state index contributed by atoms with van der Waals surface area (Å²) in [7, 11) is 0. The Kier molecular flexibility index (Phi) is 4.75. The average molecular weight is 273 g/mol. The van der Waals surface area contributed by atoms with Gasteiger partial charge in [-0.1, -0.05) is 6.07 Å². The van der Waals surface area contributed by atoms with Crippen LogP contribution in [0.2, 0.25) is 0 Å². The summed E-state index contributed by atoms with van der Waals surface area (Å²) >= 11 is 0. The van der Waals surface area contributed by atoms with Crippen molar-refractivity contribution >= 4 is 0 Å². The standard InChI is InChI=1S/C15H13F2N3/c16-13-6-11(7-14(17)8-13)3-5-19-10-12-2-1-4-20-15(12)9-18/h1-2,4,6-8,19H,3,5,10H2. The van der Waals surface area contributed by atoms with E-state index in [1.54, 1.807) is 12.3 Å². The van der Waals surface area contributed by atoms with Crippen LogP contribution in [0, 0.1) is 23.0 Å². The van der Waals surface area contributed by atoms with E-state index in [0.29, 0.717) is 30.8 Å². The summed E-state index contributed by atoms with van der Waals surface area (Å²) in [5.74, 6) is -1.14. The molecule has 2 rings (SSSR count). The summed E-state index contributed by atoms with van der Waals surface area (Å²) in [5, 5.41) is 12.0. The minimum absolute atomic E-state index is 0.386. The number of nitrogens with zero attached hydrogens (tertiary/aromatic N) is 2. The van der Waals surface area contributed by atoms with Gasteiger partial charge in [0.15, 0.2) is 0 Å². The highest BCUT2D eigenvalue weighted by molar-refractivity contribution is 5.30. The minimum Gasteiger partial charge on any atom is -0.312 e. The monoisotopic (exact) mass is 273 g/mol. The number of pyridine rings is 1. The number of rotatable bonds is 5. The Hall–Kier alpha value is -2.32. The van der Waals surface area contributed by atoms with Gasteiger partial charge in [-0.3, -0.25) is 0 Å². The SMILES string of the molecule is N#Cc1ncccc1CNCCc1cc(F)cc(F)c1. The third-order valence-corrected chi connectivity index (χ3v) is 2.83. The fourth-order valence-electron chi connectivity index (χ4n) is 1.89. The van der Waals surface area contributed by atoms with E-state index in [-0.39, 0.29) is 0 Å². The van der Waals surface area contributed by atoms with Gasteiger partial charge in [0.2, 0.25) is 0 Å². The number of hydrogen-bond donors (Lipinski definition) is 1. The lowest BCUT2D eigenvalue weighted by molar-refractivity contribution is 0.577. The van der Waals surface area contributed by atoms with Crippen LogP contribution in [-0.2, 0) is 13.0 Å². The molecule has 0 unspecified atom stereocenters. The fourth-order valence-corrected chi connectivity index (χ4v) is 1.89. The summed E-state index contributed by atoms with van der Waals surface area (Å²) < 4.78 is 26.0. The Labute approximate surface area is 115 Å². The third-order valence-electron chi connectivity index (χ3n) is 2.83. The Bertz CT molecular complexity index is 615. The molecule has 3 nitrogen and oxygen atoms in total. The zero-order chi connectivity index (χ0) is 14.4. The van der Waals surface area contributed by atoms with E-state index in [9.17, 15) is 8.78 Å². The summed E-state index contributed by atoms with van der Waals surface area (Å²) in [4.78, 5) is 3.96. The van der Waals surface area contributed by atoms with Gasteiger partial charge in [-0.2, -0.15) is 5.26 Å². The summed E-state index contributed by atoms with van der Waals surface area (Å²) in [6.45, 7) is 1.05. The predicted molar refractivity (Wildman–Crippen MR) is 70.7 cm³/mol. The molecular formula is C15H13F2N3. The van der Waals surface area contributed by atoms with E-state index in [1.807, 2.05) is 12.1 Å². The zero-order valence-electron chi connectivity index (χ0n) is 10.7. The van der Waals surface area contributed by atoms with E-state index in [0.717, 1.165) is 11.6 Å². The van der Waals surface area contributed by atoms with Gasteiger partial charge in [0, 0.05) is 24.4 Å². The van der Waals surface area contributed by atoms with Crippen molar-refractivity contribution in [2.75, 3.05) is 6.54 Å². The van der Waals surface area contributed by atoms with Crippen molar-refractivity contribution in [3.05, 3.63) is 65.0 Å². The number of hydrogen-bond acceptors (Lipinski definition) is 3. The largest absolute Gasteiger partial charge is 0.312 e. The van der Waals surface area contributed by atoms with Crippen molar-refractivity contribution in [3.63, 3.8) is 0 Å². The van der Waals surface area contributed by atoms with Gasteiger partial charge in [-0.05, 0) is 36.7 Å². The molecule has 0 amide bonds. The minimum atomic E-state index is -0.570. The first kappa shape index (κ1) is 14.1. The van der Waals surface area contributed by atoms with Gasteiger partial charge in [0.05, 0.1) is 0 Å². The average Bonchev–Trinajstić information content (AvgIpc) is 2.43. The Balaban J connectivity index is 1.86. The van der Waals surface area contributed by atoms with Crippen molar-refractivity contribution in [3.8, 4) is 6.07 Å². The van der Waals surface area contributed by atoms with Crippen molar-refractivity contribution in [1.82, 2.24) is 10.3 Å². The van der Waals surface area contributed by atoms with E-state index in [4.69, 9.17) is 5.26 Å². The molecule has 0 fully saturated rings. The van der Waals surface area contributed by atoms with Crippen LogP contribution >= 0.6 is 0 Å². The summed E-state index contributed by atoms with van der Waals surface area (Å²) in [6, 6.07) is 9.09. The quantitative estimate of drug-likeness (QED) is 0.852. The smallest absolute Gasteiger partial charge is 0.144 e. The van der Waals surface area contributed by atoms with Crippen LogP contribution < -0.4 is 5.32 Å². The maximum Gasteiger partial charge on any atom is 0.144 e. The zero-order valence-corrected chi connectivity index (χ0v) is 10.7. The predicted octanol–water partition coefficient (Wildman–Crippen LogP) is 2.56. The van der Waals surface area contributed by atoms with Crippen LogP contribution in [0.3, 0.4) is 0 Å². The van der Waals surface area contributed by atoms with Gasteiger partial charge in [0.1, 0.15) is 23.4 Å². The molecule has 0 radical (unpaired) electrons. The molecule has 2 aromatic rings. The van der Waals surface area contributed by atoms with E-state index >= 15 is 0 Å². The topological polar surface area (TPSA) is 48.7 Å². The van der Waals surface area contributed by atoms with Crippen LogP contribution in [0.4, 0.5) is 8.78 Å². The number of nitriles is 1. The lowest BCUT2D eigenvalue weighted by Crippen LogP contribution is -2.17. The molecule has 1 heterocycles. The van der Waals surface area contributed by atoms with Crippen molar-refractivity contribution in [1.29, 1.82) is 5.26 Å². The van der Waals surface area contributed by atoms with Gasteiger partial charge in [-0.25, -0.2) is 13.8 Å². The third kappa shape index (κ3) is 3.84. The van der Waals surface area contributed by atoms with Crippen LogP contribution in [0.5, 0.6) is 0 Å². The highest BCUT2D eigenvalue weighted by Gasteiger charge is 2.03. The maximum atomic E-state index is 13.0. The molecule has 0 bridgehead atoms. The molecule has 0 spiro atoms. The molecule has 0 saturated carbocycles. The normalized spacial score (nSPS) is 10.2. The van der Waals surface area contributed by atoms with E-state index in [2.05, 4.69) is 10.3 Å². The highest BCUT2D eigenvalue weighted by atomic mass is 19.1. The number of halogens is 2. The Morgan fingerprint density at radius 2 is 1.95 bits per heavy atom. The van der Waals surface area contributed by atoms with Crippen molar-refractivity contribution in [2.24, 2.45) is 0 Å². The molecule has 1 aromatic heterocycles. The second kappa shape index (κ2) is 6.73. The molecular weight excluding hydrogens is 260 g/mol. The molecule has 1 N–H and O–H groups in total. The van der Waals surface area contributed by atoms with Crippen molar-refractivity contribution in [2.45, 2.75) is 13.0 Å². The van der Waals surface area contributed by atoms with Crippen LogP contribution in [0.1, 0.15) is 16.8 Å². The molecule has 0 aliphatic carbocycles. The van der Waals surface area contributed by atoms with Crippen LogP contribution in [-0.4, -0.2) is 11.5 Å². The molecule has 0 aliphatic heterocycles. The van der Waals surface area contributed by atoms with E-state index < -0.39 is 11.6 Å². The first-order valence-electron chi connectivity index (χ1n) is 6.18. The first-order valence-corrected chi connectivity index (χ1v) is 6.18.